The second kappa shape index (κ2) is 6.65. The lowest BCUT2D eigenvalue weighted by Crippen LogP contribution is -2.35. The van der Waals surface area contributed by atoms with Crippen molar-refractivity contribution < 1.29 is 14.3 Å². The summed E-state index contributed by atoms with van der Waals surface area (Å²) in [6.45, 7) is 0.665. The molecule has 1 unspecified atom stereocenters. The minimum Gasteiger partial charge on any atom is -0.460 e. The second-order valence-corrected chi connectivity index (χ2v) is 6.37. The smallest absolute Gasteiger partial charge is 0.311 e. The van der Waals surface area contributed by atoms with E-state index in [2.05, 4.69) is 4.98 Å². The molecular weight excluding hydrogens is 304 g/mol. The summed E-state index contributed by atoms with van der Waals surface area (Å²) in [6.07, 6.45) is 6.32. The number of halogens is 1. The van der Waals surface area contributed by atoms with Crippen molar-refractivity contribution in [2.45, 2.75) is 44.8 Å². The molecule has 3 rings (SSSR count). The Kier molecular flexibility index (Phi) is 4.62. The molecule has 1 saturated heterocycles. The first-order valence-electron chi connectivity index (χ1n) is 7.70. The highest BCUT2D eigenvalue weighted by molar-refractivity contribution is 6.29. The molecule has 1 aliphatic carbocycles. The maximum absolute atomic E-state index is 12.1. The highest BCUT2D eigenvalue weighted by Crippen LogP contribution is 2.30. The summed E-state index contributed by atoms with van der Waals surface area (Å²) in [6, 6.07) is 3.75. The van der Waals surface area contributed by atoms with Gasteiger partial charge < -0.3 is 9.64 Å². The number of esters is 1. The number of nitrogens with zero attached hydrogens (tertiary/aromatic N) is 2. The standard InChI is InChI=1S/C16H19ClN2O3/c17-14-6-5-11(8-18-14)10-22-16(21)12-7-15(20)19(9-12)13-3-1-2-4-13/h5-6,8,12-13H,1-4,7,9-10H2. The molecule has 6 heteroatoms. The second-order valence-electron chi connectivity index (χ2n) is 5.98. The van der Waals surface area contributed by atoms with Gasteiger partial charge in [0.15, 0.2) is 0 Å². The monoisotopic (exact) mass is 322 g/mol. The van der Waals surface area contributed by atoms with Crippen molar-refractivity contribution in [2.24, 2.45) is 5.92 Å². The molecule has 0 radical (unpaired) electrons. The van der Waals surface area contributed by atoms with Crippen molar-refractivity contribution in [2.75, 3.05) is 6.54 Å². The van der Waals surface area contributed by atoms with Gasteiger partial charge in [-0.05, 0) is 18.9 Å². The zero-order chi connectivity index (χ0) is 15.5. The van der Waals surface area contributed by atoms with Crippen molar-refractivity contribution in [1.29, 1.82) is 0 Å². The van der Waals surface area contributed by atoms with E-state index < -0.39 is 0 Å². The highest BCUT2D eigenvalue weighted by atomic mass is 35.5. The van der Waals surface area contributed by atoms with Gasteiger partial charge in [-0.25, -0.2) is 4.98 Å². The number of carbonyl (C=O) groups excluding carboxylic acids is 2. The number of hydrogen-bond donors (Lipinski definition) is 0. The van der Waals surface area contributed by atoms with Gasteiger partial charge in [0.2, 0.25) is 5.91 Å². The number of amides is 1. The van der Waals surface area contributed by atoms with E-state index in [1.165, 1.54) is 12.8 Å². The normalized spacial score (nSPS) is 22.3. The summed E-state index contributed by atoms with van der Waals surface area (Å²) >= 11 is 5.71. The lowest BCUT2D eigenvalue weighted by molar-refractivity contribution is -0.149. The quantitative estimate of drug-likeness (QED) is 0.631. The van der Waals surface area contributed by atoms with Crippen LogP contribution in [0.2, 0.25) is 5.15 Å². The van der Waals surface area contributed by atoms with Gasteiger partial charge in [0.25, 0.3) is 0 Å². The largest absolute Gasteiger partial charge is 0.460 e. The minimum atomic E-state index is -0.339. The van der Waals surface area contributed by atoms with Crippen LogP contribution in [0.15, 0.2) is 18.3 Å². The van der Waals surface area contributed by atoms with E-state index in [0.717, 1.165) is 18.4 Å². The van der Waals surface area contributed by atoms with Crippen LogP contribution in [0.1, 0.15) is 37.7 Å². The molecule has 1 aromatic rings. The Balaban J connectivity index is 1.52. The highest BCUT2D eigenvalue weighted by Gasteiger charge is 2.39. The topological polar surface area (TPSA) is 59.5 Å². The number of pyridine rings is 1. The van der Waals surface area contributed by atoms with Gasteiger partial charge in [0.1, 0.15) is 11.8 Å². The summed E-state index contributed by atoms with van der Waals surface area (Å²) < 4.78 is 5.31. The van der Waals surface area contributed by atoms with Crippen molar-refractivity contribution in [3.63, 3.8) is 0 Å². The summed E-state index contributed by atoms with van der Waals surface area (Å²) in [5, 5.41) is 0.406. The van der Waals surface area contributed by atoms with E-state index in [1.54, 1.807) is 18.3 Å². The summed E-state index contributed by atoms with van der Waals surface area (Å²) in [5.41, 5.74) is 0.787. The number of rotatable bonds is 4. The van der Waals surface area contributed by atoms with E-state index >= 15 is 0 Å². The van der Waals surface area contributed by atoms with Crippen LogP contribution >= 0.6 is 11.6 Å². The molecule has 1 aliphatic heterocycles. The van der Waals surface area contributed by atoms with E-state index in [1.807, 2.05) is 4.90 Å². The number of hydrogen-bond acceptors (Lipinski definition) is 4. The van der Waals surface area contributed by atoms with E-state index in [9.17, 15) is 9.59 Å². The number of aromatic nitrogens is 1. The maximum Gasteiger partial charge on any atom is 0.311 e. The fraction of sp³-hybridized carbons (Fsp3) is 0.562. The molecule has 1 atom stereocenters. The Morgan fingerprint density at radius 1 is 1.36 bits per heavy atom. The fourth-order valence-electron chi connectivity index (χ4n) is 3.22. The van der Waals surface area contributed by atoms with Crippen LogP contribution in [-0.4, -0.2) is 34.3 Å². The van der Waals surface area contributed by atoms with Crippen LogP contribution in [0.5, 0.6) is 0 Å². The third-order valence-electron chi connectivity index (χ3n) is 4.43. The number of ether oxygens (including phenoxy) is 1. The van der Waals surface area contributed by atoms with Crippen LogP contribution in [0, 0.1) is 5.92 Å². The maximum atomic E-state index is 12.1. The van der Waals surface area contributed by atoms with Gasteiger partial charge in [-0.2, -0.15) is 0 Å². The molecule has 1 amide bonds. The summed E-state index contributed by atoms with van der Waals surface area (Å²) in [4.78, 5) is 30.0. The van der Waals surface area contributed by atoms with Crippen LogP contribution in [0.25, 0.3) is 0 Å². The molecule has 0 aromatic carbocycles. The lowest BCUT2D eigenvalue weighted by Gasteiger charge is -2.23. The molecule has 5 nitrogen and oxygen atoms in total. The van der Waals surface area contributed by atoms with Gasteiger partial charge in [-0.3, -0.25) is 9.59 Å². The van der Waals surface area contributed by atoms with Gasteiger partial charge in [0, 0.05) is 30.8 Å². The number of likely N-dealkylation sites (tertiary alicyclic amines) is 1. The summed E-state index contributed by atoms with van der Waals surface area (Å²) in [5.74, 6) is -0.556. The molecule has 2 fully saturated rings. The molecule has 0 N–H and O–H groups in total. The SMILES string of the molecule is O=C(OCc1ccc(Cl)nc1)C1CC(=O)N(C2CCCC2)C1. The summed E-state index contributed by atoms with van der Waals surface area (Å²) in [7, 11) is 0. The van der Waals surface area contributed by atoms with Crippen molar-refractivity contribution >= 4 is 23.5 Å². The lowest BCUT2D eigenvalue weighted by atomic mass is 10.1. The predicted molar refractivity (Wildman–Crippen MR) is 81.1 cm³/mol. The zero-order valence-electron chi connectivity index (χ0n) is 12.3. The van der Waals surface area contributed by atoms with E-state index in [4.69, 9.17) is 16.3 Å². The van der Waals surface area contributed by atoms with Crippen LogP contribution in [-0.2, 0) is 20.9 Å². The van der Waals surface area contributed by atoms with Gasteiger partial charge >= 0.3 is 5.97 Å². The molecule has 1 aromatic heterocycles. The molecular formula is C16H19ClN2O3. The third kappa shape index (κ3) is 3.40. The van der Waals surface area contributed by atoms with Crippen LogP contribution in [0.3, 0.4) is 0 Å². The Hall–Kier alpha value is -1.62. The first-order chi connectivity index (χ1) is 10.6. The Bertz CT molecular complexity index is 555. The Labute approximate surface area is 134 Å². The van der Waals surface area contributed by atoms with E-state index in [0.29, 0.717) is 17.7 Å². The molecule has 1 saturated carbocycles. The average molecular weight is 323 g/mol. The molecule has 118 valence electrons. The molecule has 22 heavy (non-hydrogen) atoms. The predicted octanol–water partition coefficient (Wildman–Crippen LogP) is 2.57. The third-order valence-corrected chi connectivity index (χ3v) is 4.65. The minimum absolute atomic E-state index is 0.0852. The fourth-order valence-corrected chi connectivity index (χ4v) is 3.33. The van der Waals surface area contributed by atoms with Gasteiger partial charge in [-0.1, -0.05) is 30.5 Å². The molecule has 0 spiro atoms. The number of carbonyl (C=O) groups is 2. The van der Waals surface area contributed by atoms with Gasteiger partial charge in [-0.15, -0.1) is 0 Å². The van der Waals surface area contributed by atoms with Crippen molar-refractivity contribution in [3.8, 4) is 0 Å². The first kappa shape index (κ1) is 15.3. The van der Waals surface area contributed by atoms with E-state index in [-0.39, 0.29) is 30.8 Å². The molecule has 2 heterocycles. The van der Waals surface area contributed by atoms with Gasteiger partial charge in [0.05, 0.1) is 5.92 Å². The average Bonchev–Trinajstić information content (AvgIpc) is 3.15. The van der Waals surface area contributed by atoms with Crippen molar-refractivity contribution in [3.05, 3.63) is 29.0 Å². The Morgan fingerprint density at radius 3 is 2.82 bits per heavy atom. The van der Waals surface area contributed by atoms with Crippen molar-refractivity contribution in [1.82, 2.24) is 9.88 Å². The van der Waals surface area contributed by atoms with Crippen LogP contribution < -0.4 is 0 Å². The molecule has 0 bridgehead atoms. The Morgan fingerprint density at radius 2 is 2.14 bits per heavy atom. The first-order valence-corrected chi connectivity index (χ1v) is 8.08. The van der Waals surface area contributed by atoms with Crippen LogP contribution in [0.4, 0.5) is 0 Å². The molecule has 2 aliphatic rings. The zero-order valence-corrected chi connectivity index (χ0v) is 13.1.